The summed E-state index contributed by atoms with van der Waals surface area (Å²) in [7, 11) is 0. The van der Waals surface area contributed by atoms with Gasteiger partial charge in [0.25, 0.3) is 0 Å². The van der Waals surface area contributed by atoms with Crippen molar-refractivity contribution in [2.24, 2.45) is 0 Å². The van der Waals surface area contributed by atoms with Gasteiger partial charge in [-0.3, -0.25) is 4.79 Å². The van der Waals surface area contributed by atoms with Crippen molar-refractivity contribution >= 4 is 5.78 Å². The van der Waals surface area contributed by atoms with Crippen molar-refractivity contribution in [1.29, 1.82) is 0 Å². The number of ketones is 1. The lowest BCUT2D eigenvalue weighted by atomic mass is 10.1. The summed E-state index contributed by atoms with van der Waals surface area (Å²) in [6.45, 7) is 1.83. The standard InChI is InChI=1S/C9H8F2O/c1-6-2-4-7(5-3-6)8(12)9(10)11/h2-5,9H,1H3/p+1. The summed E-state index contributed by atoms with van der Waals surface area (Å²) in [5.74, 6) is -1.12. The van der Waals surface area contributed by atoms with Crippen molar-refractivity contribution in [1.82, 2.24) is 0 Å². The van der Waals surface area contributed by atoms with Crippen LogP contribution >= 0.6 is 0 Å². The Morgan fingerprint density at radius 1 is 1.33 bits per heavy atom. The first-order valence-electron chi connectivity index (χ1n) is 3.50. The van der Waals surface area contributed by atoms with E-state index in [9.17, 15) is 13.6 Å². The first kappa shape index (κ1) is 8.84. The van der Waals surface area contributed by atoms with Gasteiger partial charge in [-0.05, 0) is 6.92 Å². The summed E-state index contributed by atoms with van der Waals surface area (Å²) in [4.78, 5) is 10.7. The van der Waals surface area contributed by atoms with Crippen LogP contribution in [0.2, 0.25) is 0 Å². The molecule has 1 nitrogen and oxygen atoms in total. The molecule has 0 aliphatic heterocycles. The zero-order valence-corrected chi connectivity index (χ0v) is 6.55. The van der Waals surface area contributed by atoms with Gasteiger partial charge in [0, 0.05) is 5.56 Å². The largest absolute Gasteiger partial charge is 1.00 e. The van der Waals surface area contributed by atoms with Crippen molar-refractivity contribution in [2.75, 3.05) is 0 Å². The van der Waals surface area contributed by atoms with Crippen molar-refractivity contribution in [3.05, 3.63) is 35.4 Å². The lowest BCUT2D eigenvalue weighted by Crippen LogP contribution is -2.09. The van der Waals surface area contributed by atoms with Gasteiger partial charge in [-0.25, -0.2) is 8.78 Å². The van der Waals surface area contributed by atoms with E-state index < -0.39 is 12.2 Å². The minimum absolute atomic E-state index is 0. The highest BCUT2D eigenvalue weighted by Gasteiger charge is 2.16. The fourth-order valence-electron chi connectivity index (χ4n) is 0.844. The van der Waals surface area contributed by atoms with Gasteiger partial charge in [0.15, 0.2) is 0 Å². The van der Waals surface area contributed by atoms with Crippen LogP contribution in [-0.2, 0) is 0 Å². The van der Waals surface area contributed by atoms with Crippen LogP contribution in [0.5, 0.6) is 0 Å². The average molecular weight is 171 g/mol. The highest BCUT2D eigenvalue weighted by Crippen LogP contribution is 2.08. The van der Waals surface area contributed by atoms with Crippen LogP contribution in [0.4, 0.5) is 8.78 Å². The topological polar surface area (TPSA) is 17.1 Å². The Kier molecular flexibility index (Phi) is 2.53. The van der Waals surface area contributed by atoms with E-state index >= 15 is 0 Å². The van der Waals surface area contributed by atoms with Gasteiger partial charge >= 0.3 is 7.85 Å². The van der Waals surface area contributed by atoms with Crippen LogP contribution in [0.3, 0.4) is 0 Å². The van der Waals surface area contributed by atoms with E-state index in [2.05, 4.69) is 0 Å². The van der Waals surface area contributed by atoms with Crippen LogP contribution in [0, 0.1) is 6.92 Å². The van der Waals surface area contributed by atoms with E-state index in [-0.39, 0.29) is 6.99 Å². The van der Waals surface area contributed by atoms with E-state index in [1.165, 1.54) is 12.1 Å². The molecule has 0 fully saturated rings. The minimum Gasteiger partial charge on any atom is -0.288 e. The SMILES string of the molecule is Cc1ccc(C(=O)C(F)F)cc1.[H+]. The second-order valence-corrected chi connectivity index (χ2v) is 2.53. The molecule has 0 amide bonds. The lowest BCUT2D eigenvalue weighted by molar-refractivity contribution is 0.0679. The lowest BCUT2D eigenvalue weighted by Gasteiger charge is -1.98. The molecule has 0 N–H and O–H groups in total. The molecule has 0 spiro atoms. The predicted molar refractivity (Wildman–Crippen MR) is 42.6 cm³/mol. The van der Waals surface area contributed by atoms with E-state index in [1.54, 1.807) is 12.1 Å². The Morgan fingerprint density at radius 2 is 1.83 bits per heavy atom. The molecular weight excluding hydrogens is 162 g/mol. The first-order valence-corrected chi connectivity index (χ1v) is 3.50. The molecule has 0 unspecified atom stereocenters. The molecule has 1 aromatic rings. The second-order valence-electron chi connectivity index (χ2n) is 2.53. The van der Waals surface area contributed by atoms with E-state index in [0.29, 0.717) is 0 Å². The maximum Gasteiger partial charge on any atom is 1.00 e. The van der Waals surface area contributed by atoms with Crippen LogP contribution < -0.4 is 0 Å². The Morgan fingerprint density at radius 3 is 2.25 bits per heavy atom. The maximum absolute atomic E-state index is 11.9. The van der Waals surface area contributed by atoms with E-state index in [4.69, 9.17) is 0 Å². The van der Waals surface area contributed by atoms with Gasteiger partial charge < -0.3 is 0 Å². The number of hydrogen-bond donors (Lipinski definition) is 0. The quantitative estimate of drug-likeness (QED) is 0.625. The Labute approximate surface area is 70.5 Å². The average Bonchev–Trinajstić information content (AvgIpc) is 2.04. The first-order chi connectivity index (χ1) is 5.61. The molecule has 0 heterocycles. The van der Waals surface area contributed by atoms with E-state index in [1.807, 2.05) is 6.92 Å². The van der Waals surface area contributed by atoms with Gasteiger partial charge in [-0.15, -0.1) is 0 Å². The molecule has 0 atom stereocenters. The fraction of sp³-hybridized carbons (Fsp3) is 0.222. The third-order valence-electron chi connectivity index (χ3n) is 1.53. The molecule has 0 bridgehead atoms. The van der Waals surface area contributed by atoms with Crippen molar-refractivity contribution in [3.63, 3.8) is 0 Å². The Bertz CT molecular complexity index is 282. The van der Waals surface area contributed by atoms with Crippen LogP contribution in [-0.4, -0.2) is 12.2 Å². The zero-order valence-electron chi connectivity index (χ0n) is 7.55. The van der Waals surface area contributed by atoms with Crippen LogP contribution in [0.15, 0.2) is 24.3 Å². The predicted octanol–water partition coefficient (Wildman–Crippen LogP) is 2.56. The number of carbonyl (C=O) groups is 1. The summed E-state index contributed by atoms with van der Waals surface area (Å²) < 4.78 is 23.7. The smallest absolute Gasteiger partial charge is 0.288 e. The fourth-order valence-corrected chi connectivity index (χ4v) is 0.844. The zero-order chi connectivity index (χ0) is 9.14. The maximum atomic E-state index is 11.9. The summed E-state index contributed by atoms with van der Waals surface area (Å²) in [6, 6.07) is 6.08. The summed E-state index contributed by atoms with van der Waals surface area (Å²) in [5.41, 5.74) is 1.01. The van der Waals surface area contributed by atoms with Gasteiger partial charge in [0.2, 0.25) is 5.78 Å². The van der Waals surface area contributed by atoms with Crippen LogP contribution in [0.25, 0.3) is 0 Å². The molecule has 64 valence electrons. The number of carbonyl (C=O) groups excluding carboxylic acids is 1. The molecule has 0 aliphatic rings. The summed E-state index contributed by atoms with van der Waals surface area (Å²) in [5, 5.41) is 0. The summed E-state index contributed by atoms with van der Waals surface area (Å²) >= 11 is 0. The Hall–Kier alpha value is -1.25. The molecule has 0 radical (unpaired) electrons. The third kappa shape index (κ3) is 1.87. The molecule has 0 aromatic heterocycles. The Balaban J connectivity index is 0.00000144. The molecular formula is C9H9F2O+. The van der Waals surface area contributed by atoms with Crippen LogP contribution in [0.1, 0.15) is 17.3 Å². The number of Topliss-reactive ketones (excluding diaryl/α,β-unsaturated/α-hetero) is 1. The third-order valence-corrected chi connectivity index (χ3v) is 1.53. The molecule has 1 aromatic carbocycles. The number of halogens is 2. The second kappa shape index (κ2) is 3.43. The summed E-state index contributed by atoms with van der Waals surface area (Å²) in [6.07, 6.45) is -2.91. The highest BCUT2D eigenvalue weighted by molar-refractivity contribution is 5.98. The van der Waals surface area contributed by atoms with Gasteiger partial charge in [0.05, 0.1) is 0 Å². The van der Waals surface area contributed by atoms with Crippen molar-refractivity contribution < 1.29 is 15.0 Å². The number of aryl methyl sites for hydroxylation is 1. The van der Waals surface area contributed by atoms with Gasteiger partial charge in [-0.1, -0.05) is 29.8 Å². The van der Waals surface area contributed by atoms with Gasteiger partial charge in [-0.2, -0.15) is 0 Å². The van der Waals surface area contributed by atoms with Crippen molar-refractivity contribution in [3.8, 4) is 0 Å². The normalized spacial score (nSPS) is 10.3. The van der Waals surface area contributed by atoms with E-state index in [0.717, 1.165) is 5.56 Å². The minimum atomic E-state index is -2.91. The van der Waals surface area contributed by atoms with Crippen molar-refractivity contribution in [2.45, 2.75) is 13.3 Å². The number of benzene rings is 1. The number of alkyl halides is 2. The molecule has 0 aliphatic carbocycles. The molecule has 1 rings (SSSR count). The number of hydrogen-bond acceptors (Lipinski definition) is 1. The molecule has 0 saturated heterocycles. The molecule has 3 heteroatoms. The van der Waals surface area contributed by atoms with Gasteiger partial charge in [0.1, 0.15) is 0 Å². The monoisotopic (exact) mass is 171 g/mol. The molecule has 0 saturated carbocycles. The molecule has 12 heavy (non-hydrogen) atoms. The number of rotatable bonds is 2. The highest BCUT2D eigenvalue weighted by atomic mass is 19.3.